The van der Waals surface area contributed by atoms with E-state index in [9.17, 15) is 9.18 Å². The number of nitrogens with one attached hydrogen (secondary N) is 1. The molecule has 1 amide bonds. The third-order valence-corrected chi connectivity index (χ3v) is 2.59. The van der Waals surface area contributed by atoms with E-state index in [1.807, 2.05) is 0 Å². The molecule has 92 valence electrons. The van der Waals surface area contributed by atoms with E-state index in [-0.39, 0.29) is 17.8 Å². The Morgan fingerprint density at radius 1 is 1.28 bits per heavy atom. The largest absolute Gasteiger partial charge is 0.344 e. The Morgan fingerprint density at radius 2 is 2.11 bits per heavy atom. The number of halogens is 1. The first-order chi connectivity index (χ1) is 8.66. The summed E-state index contributed by atoms with van der Waals surface area (Å²) in [6.07, 6.45) is 1.56. The van der Waals surface area contributed by atoms with Crippen LogP contribution in [0.5, 0.6) is 0 Å². The van der Waals surface area contributed by atoms with Crippen LogP contribution in [-0.4, -0.2) is 10.9 Å². The molecule has 0 aliphatic heterocycles. The van der Waals surface area contributed by atoms with Crippen LogP contribution in [0.25, 0.3) is 0 Å². The maximum absolute atomic E-state index is 13.1. The first kappa shape index (κ1) is 12.2. The SMILES string of the molecule is CC(NC(=O)c1ccccn1)c1cccc(F)c1. The topological polar surface area (TPSA) is 42.0 Å². The summed E-state index contributed by atoms with van der Waals surface area (Å²) in [5.41, 5.74) is 1.07. The van der Waals surface area contributed by atoms with Crippen LogP contribution in [-0.2, 0) is 0 Å². The van der Waals surface area contributed by atoms with E-state index >= 15 is 0 Å². The summed E-state index contributed by atoms with van der Waals surface area (Å²) in [4.78, 5) is 15.8. The molecule has 0 saturated heterocycles. The fourth-order valence-electron chi connectivity index (χ4n) is 1.63. The average Bonchev–Trinajstić information content (AvgIpc) is 2.39. The quantitative estimate of drug-likeness (QED) is 0.902. The van der Waals surface area contributed by atoms with Gasteiger partial charge in [-0.3, -0.25) is 9.78 Å². The van der Waals surface area contributed by atoms with Gasteiger partial charge in [-0.2, -0.15) is 0 Å². The molecule has 0 aliphatic rings. The molecule has 0 spiro atoms. The fraction of sp³-hybridized carbons (Fsp3) is 0.143. The van der Waals surface area contributed by atoms with Crippen molar-refractivity contribution in [3.8, 4) is 0 Å². The summed E-state index contributed by atoms with van der Waals surface area (Å²) in [6, 6.07) is 11.0. The zero-order valence-electron chi connectivity index (χ0n) is 9.93. The standard InChI is InChI=1S/C14H13FN2O/c1-10(11-5-4-6-12(15)9-11)17-14(18)13-7-2-3-8-16-13/h2-10H,1H3,(H,17,18). The van der Waals surface area contributed by atoms with Gasteiger partial charge in [-0.25, -0.2) is 4.39 Å². The number of benzene rings is 1. The predicted molar refractivity (Wildman–Crippen MR) is 66.5 cm³/mol. The minimum absolute atomic E-state index is 0.268. The number of rotatable bonds is 3. The molecule has 0 radical (unpaired) electrons. The monoisotopic (exact) mass is 244 g/mol. The summed E-state index contributed by atoms with van der Waals surface area (Å²) in [5.74, 6) is -0.584. The van der Waals surface area contributed by atoms with Gasteiger partial charge in [0.25, 0.3) is 5.91 Å². The van der Waals surface area contributed by atoms with E-state index in [0.29, 0.717) is 5.69 Å². The number of amides is 1. The average molecular weight is 244 g/mol. The summed E-state index contributed by atoms with van der Waals surface area (Å²) in [6.45, 7) is 1.80. The van der Waals surface area contributed by atoms with E-state index < -0.39 is 0 Å². The summed E-state index contributed by atoms with van der Waals surface area (Å²) in [5, 5.41) is 2.77. The number of hydrogen-bond acceptors (Lipinski definition) is 2. The highest BCUT2D eigenvalue weighted by molar-refractivity contribution is 5.92. The van der Waals surface area contributed by atoms with Crippen molar-refractivity contribution in [3.63, 3.8) is 0 Å². The Balaban J connectivity index is 2.08. The van der Waals surface area contributed by atoms with Crippen LogP contribution in [0.1, 0.15) is 29.0 Å². The molecule has 1 atom stereocenters. The van der Waals surface area contributed by atoms with Crippen molar-refractivity contribution in [2.45, 2.75) is 13.0 Å². The second-order valence-electron chi connectivity index (χ2n) is 3.97. The first-order valence-corrected chi connectivity index (χ1v) is 5.64. The number of aromatic nitrogens is 1. The van der Waals surface area contributed by atoms with E-state index in [0.717, 1.165) is 5.56 Å². The molecule has 2 rings (SSSR count). The molecule has 1 N–H and O–H groups in total. The van der Waals surface area contributed by atoms with Crippen molar-refractivity contribution in [2.24, 2.45) is 0 Å². The molecule has 0 fully saturated rings. The molecule has 2 aromatic rings. The van der Waals surface area contributed by atoms with Gasteiger partial charge in [0.05, 0.1) is 6.04 Å². The van der Waals surface area contributed by atoms with Crippen molar-refractivity contribution < 1.29 is 9.18 Å². The lowest BCUT2D eigenvalue weighted by Gasteiger charge is -2.13. The normalized spacial score (nSPS) is 11.9. The van der Waals surface area contributed by atoms with Crippen molar-refractivity contribution in [2.75, 3.05) is 0 Å². The molecule has 3 nitrogen and oxygen atoms in total. The highest BCUT2D eigenvalue weighted by Crippen LogP contribution is 2.13. The zero-order valence-corrected chi connectivity index (χ0v) is 9.93. The highest BCUT2D eigenvalue weighted by Gasteiger charge is 2.12. The van der Waals surface area contributed by atoms with E-state index in [1.165, 1.54) is 12.1 Å². The minimum atomic E-state index is -0.313. The second kappa shape index (κ2) is 5.40. The van der Waals surface area contributed by atoms with Gasteiger partial charge >= 0.3 is 0 Å². The third kappa shape index (κ3) is 2.91. The fourth-order valence-corrected chi connectivity index (χ4v) is 1.63. The lowest BCUT2D eigenvalue weighted by molar-refractivity contribution is 0.0935. The van der Waals surface area contributed by atoms with Crippen molar-refractivity contribution in [3.05, 3.63) is 65.7 Å². The first-order valence-electron chi connectivity index (χ1n) is 5.64. The van der Waals surface area contributed by atoms with Gasteiger partial charge in [0.15, 0.2) is 0 Å². The van der Waals surface area contributed by atoms with Crippen molar-refractivity contribution in [1.82, 2.24) is 10.3 Å². The van der Waals surface area contributed by atoms with Crippen molar-refractivity contribution >= 4 is 5.91 Å². The predicted octanol–water partition coefficient (Wildman–Crippen LogP) is 2.71. The van der Waals surface area contributed by atoms with Crippen LogP contribution in [0.15, 0.2) is 48.7 Å². The van der Waals surface area contributed by atoms with Gasteiger partial charge in [-0.1, -0.05) is 18.2 Å². The smallest absolute Gasteiger partial charge is 0.270 e. The van der Waals surface area contributed by atoms with Gasteiger partial charge in [0, 0.05) is 6.20 Å². The Bertz CT molecular complexity index is 543. The van der Waals surface area contributed by atoms with Gasteiger partial charge in [-0.15, -0.1) is 0 Å². The maximum atomic E-state index is 13.1. The maximum Gasteiger partial charge on any atom is 0.270 e. The number of carbonyl (C=O) groups excluding carboxylic acids is 1. The zero-order chi connectivity index (χ0) is 13.0. The van der Waals surface area contributed by atoms with E-state index in [1.54, 1.807) is 43.5 Å². The third-order valence-electron chi connectivity index (χ3n) is 2.59. The molecule has 0 aliphatic carbocycles. The molecule has 1 heterocycles. The summed E-state index contributed by atoms with van der Waals surface area (Å²) in [7, 11) is 0. The van der Waals surface area contributed by atoms with Crippen LogP contribution >= 0.6 is 0 Å². The highest BCUT2D eigenvalue weighted by atomic mass is 19.1. The Hall–Kier alpha value is -2.23. The van der Waals surface area contributed by atoms with E-state index in [4.69, 9.17) is 0 Å². The molecule has 18 heavy (non-hydrogen) atoms. The van der Waals surface area contributed by atoms with E-state index in [2.05, 4.69) is 10.3 Å². The molecule has 1 aromatic carbocycles. The molecule has 0 saturated carbocycles. The Labute approximate surface area is 105 Å². The van der Waals surface area contributed by atoms with Crippen LogP contribution in [0.2, 0.25) is 0 Å². The summed E-state index contributed by atoms with van der Waals surface area (Å²) >= 11 is 0. The molecule has 4 heteroatoms. The minimum Gasteiger partial charge on any atom is -0.344 e. The van der Waals surface area contributed by atoms with Gasteiger partial charge in [-0.05, 0) is 36.8 Å². The van der Waals surface area contributed by atoms with Gasteiger partial charge in [0.1, 0.15) is 11.5 Å². The molecule has 1 unspecified atom stereocenters. The van der Waals surface area contributed by atoms with Crippen LogP contribution in [0, 0.1) is 5.82 Å². The van der Waals surface area contributed by atoms with Crippen LogP contribution in [0.4, 0.5) is 4.39 Å². The lowest BCUT2D eigenvalue weighted by atomic mass is 10.1. The number of nitrogens with zero attached hydrogens (tertiary/aromatic N) is 1. The van der Waals surface area contributed by atoms with Gasteiger partial charge in [0.2, 0.25) is 0 Å². The van der Waals surface area contributed by atoms with Gasteiger partial charge < -0.3 is 5.32 Å². The molecular formula is C14H13FN2O. The Kier molecular flexibility index (Phi) is 3.67. The number of pyridine rings is 1. The van der Waals surface area contributed by atoms with Crippen molar-refractivity contribution in [1.29, 1.82) is 0 Å². The second-order valence-corrected chi connectivity index (χ2v) is 3.97. The molecular weight excluding hydrogens is 231 g/mol. The molecule has 0 bridgehead atoms. The Morgan fingerprint density at radius 3 is 2.78 bits per heavy atom. The summed E-state index contributed by atoms with van der Waals surface area (Å²) < 4.78 is 13.1. The molecule has 1 aromatic heterocycles. The van der Waals surface area contributed by atoms with Crippen LogP contribution in [0.3, 0.4) is 0 Å². The van der Waals surface area contributed by atoms with Crippen LogP contribution < -0.4 is 5.32 Å². The lowest BCUT2D eigenvalue weighted by Crippen LogP contribution is -2.27. The number of hydrogen-bond donors (Lipinski definition) is 1. The number of carbonyl (C=O) groups is 1.